The molecule has 1 aromatic carbocycles. The normalized spacial score (nSPS) is 21.4. The van der Waals surface area contributed by atoms with Crippen LogP contribution in [0.1, 0.15) is 53.8 Å². The van der Waals surface area contributed by atoms with E-state index in [1.54, 1.807) is 6.20 Å². The minimum atomic E-state index is -0.200. The fourth-order valence-corrected chi connectivity index (χ4v) is 3.76. The maximum absolute atomic E-state index is 12.8. The molecule has 146 valence electrons. The van der Waals surface area contributed by atoms with Crippen molar-refractivity contribution >= 4 is 18.3 Å². The molecule has 8 heteroatoms. The summed E-state index contributed by atoms with van der Waals surface area (Å²) in [5, 5.41) is 14.7. The zero-order chi connectivity index (χ0) is 17.8. The van der Waals surface area contributed by atoms with Crippen LogP contribution in [0.4, 0.5) is 0 Å². The van der Waals surface area contributed by atoms with Crippen LogP contribution in [0.3, 0.4) is 0 Å². The zero-order valence-corrected chi connectivity index (χ0v) is 16.0. The maximum Gasteiger partial charge on any atom is 0.274 e. The monoisotopic (exact) mass is 391 g/mol. The van der Waals surface area contributed by atoms with Crippen LogP contribution in [0.2, 0.25) is 0 Å². The van der Waals surface area contributed by atoms with E-state index in [-0.39, 0.29) is 30.5 Å². The van der Waals surface area contributed by atoms with Gasteiger partial charge in [0.25, 0.3) is 5.91 Å². The molecule has 4 rings (SSSR count). The van der Waals surface area contributed by atoms with Gasteiger partial charge in [-0.2, -0.15) is 0 Å². The van der Waals surface area contributed by atoms with Crippen molar-refractivity contribution in [3.63, 3.8) is 0 Å². The molecular formula is C19H26ClN5O2. The number of halogens is 1. The third kappa shape index (κ3) is 4.66. The number of aromatic nitrogens is 3. The molecule has 0 spiro atoms. The smallest absolute Gasteiger partial charge is 0.274 e. The quantitative estimate of drug-likeness (QED) is 0.817. The fraction of sp³-hybridized carbons (Fsp3) is 0.526. The lowest BCUT2D eigenvalue weighted by atomic mass is 9.99. The van der Waals surface area contributed by atoms with E-state index in [0.717, 1.165) is 50.9 Å². The molecule has 0 saturated carbocycles. The number of ether oxygens (including phenoxy) is 1. The van der Waals surface area contributed by atoms with Gasteiger partial charge in [0.2, 0.25) is 0 Å². The molecule has 0 bridgehead atoms. The summed E-state index contributed by atoms with van der Waals surface area (Å²) in [5.74, 6) is -0.200. The summed E-state index contributed by atoms with van der Waals surface area (Å²) in [6, 6.07) is 10.1. The van der Waals surface area contributed by atoms with Crippen LogP contribution in [0.15, 0.2) is 36.5 Å². The number of rotatable bonds is 5. The van der Waals surface area contributed by atoms with E-state index in [1.165, 1.54) is 0 Å². The zero-order valence-electron chi connectivity index (χ0n) is 15.2. The fourth-order valence-electron chi connectivity index (χ4n) is 3.76. The van der Waals surface area contributed by atoms with Gasteiger partial charge in [-0.25, -0.2) is 4.68 Å². The number of piperidine rings is 1. The van der Waals surface area contributed by atoms with E-state index in [9.17, 15) is 4.79 Å². The Morgan fingerprint density at radius 3 is 2.70 bits per heavy atom. The van der Waals surface area contributed by atoms with Gasteiger partial charge in [0.1, 0.15) is 0 Å². The topological polar surface area (TPSA) is 81.1 Å². The molecule has 1 amide bonds. The maximum atomic E-state index is 12.8. The second kappa shape index (κ2) is 9.30. The highest BCUT2D eigenvalue weighted by atomic mass is 35.5. The number of hydrogen-bond acceptors (Lipinski definition) is 5. The van der Waals surface area contributed by atoms with Crippen LogP contribution in [0, 0.1) is 0 Å². The highest BCUT2D eigenvalue weighted by molar-refractivity contribution is 5.92. The number of carbonyl (C=O) groups is 1. The van der Waals surface area contributed by atoms with Crippen LogP contribution in [-0.4, -0.2) is 46.7 Å². The predicted octanol–water partition coefficient (Wildman–Crippen LogP) is 2.27. The lowest BCUT2D eigenvalue weighted by Crippen LogP contribution is -2.36. The number of hydrogen-bond donors (Lipinski definition) is 2. The Bertz CT molecular complexity index is 727. The third-order valence-electron chi connectivity index (χ3n) is 5.21. The molecule has 27 heavy (non-hydrogen) atoms. The number of carbonyl (C=O) groups excluding carboxylic acids is 1. The largest absolute Gasteiger partial charge is 0.376 e. The summed E-state index contributed by atoms with van der Waals surface area (Å²) in [4.78, 5) is 12.8. The number of nitrogens with zero attached hydrogens (tertiary/aromatic N) is 3. The van der Waals surface area contributed by atoms with E-state index in [4.69, 9.17) is 4.74 Å². The van der Waals surface area contributed by atoms with Gasteiger partial charge < -0.3 is 15.4 Å². The molecule has 2 atom stereocenters. The molecule has 2 fully saturated rings. The average Bonchev–Trinajstić information content (AvgIpc) is 3.39. The first kappa shape index (κ1) is 19.8. The first-order chi connectivity index (χ1) is 12.8. The number of amides is 1. The summed E-state index contributed by atoms with van der Waals surface area (Å²) >= 11 is 0. The number of benzene rings is 1. The Kier molecular flexibility index (Phi) is 6.82. The van der Waals surface area contributed by atoms with Gasteiger partial charge in [-0.15, -0.1) is 17.5 Å². The first-order valence-electron chi connectivity index (χ1n) is 9.41. The van der Waals surface area contributed by atoms with Gasteiger partial charge >= 0.3 is 0 Å². The number of nitrogens with one attached hydrogen (secondary N) is 2. The van der Waals surface area contributed by atoms with Crippen molar-refractivity contribution in [2.75, 3.05) is 19.7 Å². The lowest BCUT2D eigenvalue weighted by molar-refractivity contribution is 0.0670. The molecule has 3 heterocycles. The van der Waals surface area contributed by atoms with Crippen molar-refractivity contribution in [2.45, 2.75) is 43.9 Å². The minimum absolute atomic E-state index is 0. The van der Waals surface area contributed by atoms with E-state index < -0.39 is 0 Å². The van der Waals surface area contributed by atoms with Crippen molar-refractivity contribution < 1.29 is 9.53 Å². The predicted molar refractivity (Wildman–Crippen MR) is 104 cm³/mol. The molecule has 0 aliphatic carbocycles. The Morgan fingerprint density at radius 2 is 2.00 bits per heavy atom. The Balaban J connectivity index is 0.00000210. The highest BCUT2D eigenvalue weighted by Gasteiger charge is 2.30. The second-order valence-corrected chi connectivity index (χ2v) is 6.98. The Hall–Kier alpha value is -1.96. The SMILES string of the molecule is Cl.O=C(NC(c1ccccc1)C1CCCO1)c1cn(C2CCNCC2)nn1. The standard InChI is InChI=1S/C19H25N5O2.ClH/c25-19(16-13-24(23-22-16)15-8-10-20-11-9-15)21-18(17-7-4-12-26-17)14-5-2-1-3-6-14;/h1-3,5-6,13,15,17-18,20H,4,7-12H2,(H,21,25);1H. The van der Waals surface area contributed by atoms with Crippen LogP contribution in [0.25, 0.3) is 0 Å². The molecule has 2 aliphatic rings. The lowest BCUT2D eigenvalue weighted by Gasteiger charge is -2.24. The van der Waals surface area contributed by atoms with E-state index in [0.29, 0.717) is 11.7 Å². The van der Waals surface area contributed by atoms with Crippen LogP contribution in [0.5, 0.6) is 0 Å². The molecule has 2 aliphatic heterocycles. The highest BCUT2D eigenvalue weighted by Crippen LogP contribution is 2.27. The second-order valence-electron chi connectivity index (χ2n) is 6.98. The van der Waals surface area contributed by atoms with Crippen molar-refractivity contribution in [2.24, 2.45) is 0 Å². The Labute approximate surface area is 165 Å². The van der Waals surface area contributed by atoms with Gasteiger partial charge in [-0.1, -0.05) is 35.5 Å². The molecule has 0 radical (unpaired) electrons. The summed E-state index contributed by atoms with van der Waals surface area (Å²) in [6.45, 7) is 2.69. The van der Waals surface area contributed by atoms with Crippen LogP contribution < -0.4 is 10.6 Å². The molecule has 2 aromatic rings. The minimum Gasteiger partial charge on any atom is -0.376 e. The summed E-state index contributed by atoms with van der Waals surface area (Å²) in [6.07, 6.45) is 5.75. The van der Waals surface area contributed by atoms with Gasteiger partial charge in [0.05, 0.1) is 24.4 Å². The van der Waals surface area contributed by atoms with Crippen molar-refractivity contribution in [3.8, 4) is 0 Å². The molecule has 2 unspecified atom stereocenters. The summed E-state index contributed by atoms with van der Waals surface area (Å²) in [5.41, 5.74) is 1.42. The van der Waals surface area contributed by atoms with Crippen LogP contribution >= 0.6 is 12.4 Å². The molecule has 7 nitrogen and oxygen atoms in total. The van der Waals surface area contributed by atoms with Crippen molar-refractivity contribution in [1.82, 2.24) is 25.6 Å². The van der Waals surface area contributed by atoms with E-state index in [2.05, 4.69) is 20.9 Å². The summed E-state index contributed by atoms with van der Waals surface area (Å²) < 4.78 is 7.68. The van der Waals surface area contributed by atoms with Crippen molar-refractivity contribution in [3.05, 3.63) is 47.8 Å². The van der Waals surface area contributed by atoms with Crippen LogP contribution in [-0.2, 0) is 4.74 Å². The molecule has 2 N–H and O–H groups in total. The molecule has 1 aromatic heterocycles. The van der Waals surface area contributed by atoms with Gasteiger partial charge in [-0.05, 0) is 44.3 Å². The van der Waals surface area contributed by atoms with Gasteiger partial charge in [0, 0.05) is 6.61 Å². The van der Waals surface area contributed by atoms with Crippen molar-refractivity contribution in [1.29, 1.82) is 0 Å². The van der Waals surface area contributed by atoms with Gasteiger partial charge in [0.15, 0.2) is 5.69 Å². The van der Waals surface area contributed by atoms with Gasteiger partial charge in [-0.3, -0.25) is 4.79 Å². The first-order valence-corrected chi connectivity index (χ1v) is 9.41. The summed E-state index contributed by atoms with van der Waals surface area (Å²) in [7, 11) is 0. The van der Waals surface area contributed by atoms with E-state index in [1.807, 2.05) is 35.0 Å². The molecule has 2 saturated heterocycles. The molecular weight excluding hydrogens is 366 g/mol. The average molecular weight is 392 g/mol. The third-order valence-corrected chi connectivity index (χ3v) is 5.21. The Morgan fingerprint density at radius 1 is 1.22 bits per heavy atom. The van der Waals surface area contributed by atoms with E-state index >= 15 is 0 Å².